The predicted octanol–water partition coefficient (Wildman–Crippen LogP) is 2.24. The third-order valence-electron chi connectivity index (χ3n) is 4.00. The summed E-state index contributed by atoms with van der Waals surface area (Å²) in [6.45, 7) is 3.21. The van der Waals surface area contributed by atoms with Gasteiger partial charge in [0.2, 0.25) is 0 Å². The number of nitro benzene ring substituents is 1. The van der Waals surface area contributed by atoms with Crippen LogP contribution < -0.4 is 5.32 Å². The number of carboxylic acids is 1. The van der Waals surface area contributed by atoms with E-state index in [1.807, 2.05) is 6.92 Å². The molecule has 28 heavy (non-hydrogen) atoms. The molecule has 0 heterocycles. The molecule has 0 saturated heterocycles. The van der Waals surface area contributed by atoms with Crippen molar-refractivity contribution in [2.75, 3.05) is 0 Å². The minimum Gasteiger partial charge on any atom is -0.480 e. The number of rotatable bonds is 9. The maximum atomic E-state index is 12.3. The van der Waals surface area contributed by atoms with Crippen molar-refractivity contribution in [1.82, 2.24) is 5.32 Å². The van der Waals surface area contributed by atoms with Crippen LogP contribution in [0.4, 0.5) is 5.69 Å². The molecule has 0 aliphatic heterocycles. The fourth-order valence-electron chi connectivity index (χ4n) is 2.43. The molecule has 0 aliphatic carbocycles. The van der Waals surface area contributed by atoms with Crippen molar-refractivity contribution in [1.29, 1.82) is 0 Å². The Kier molecular flexibility index (Phi) is 6.84. The van der Waals surface area contributed by atoms with E-state index in [2.05, 4.69) is 5.32 Å². The largest absolute Gasteiger partial charge is 0.480 e. The van der Waals surface area contributed by atoms with Gasteiger partial charge in [-0.3, -0.25) is 24.4 Å². The van der Waals surface area contributed by atoms with Gasteiger partial charge in [0.15, 0.2) is 0 Å². The number of nitrogens with zero attached hydrogens (tertiary/aromatic N) is 1. The quantitative estimate of drug-likeness (QED) is 0.366. The van der Waals surface area contributed by atoms with Crippen LogP contribution in [0.25, 0.3) is 0 Å². The zero-order chi connectivity index (χ0) is 20.9. The Morgan fingerprint density at radius 2 is 1.75 bits per heavy atom. The van der Waals surface area contributed by atoms with E-state index < -0.39 is 33.2 Å². The Morgan fingerprint density at radius 1 is 1.18 bits per heavy atom. The summed E-state index contributed by atoms with van der Waals surface area (Å²) in [6.07, 6.45) is -1.19. The summed E-state index contributed by atoms with van der Waals surface area (Å²) in [4.78, 5) is 21.6. The third-order valence-corrected chi connectivity index (χ3v) is 5.40. The van der Waals surface area contributed by atoms with Crippen molar-refractivity contribution < 1.29 is 27.4 Å². The zero-order valence-corrected chi connectivity index (χ0v) is 16.0. The lowest BCUT2D eigenvalue weighted by Gasteiger charge is -2.21. The van der Waals surface area contributed by atoms with Crippen molar-refractivity contribution >= 4 is 21.8 Å². The van der Waals surface area contributed by atoms with Gasteiger partial charge in [0.25, 0.3) is 15.8 Å². The average Bonchev–Trinajstić information content (AvgIpc) is 2.62. The minimum absolute atomic E-state index is 0.0627. The van der Waals surface area contributed by atoms with Crippen LogP contribution >= 0.6 is 0 Å². The van der Waals surface area contributed by atoms with Crippen molar-refractivity contribution in [3.05, 3.63) is 69.8 Å². The summed E-state index contributed by atoms with van der Waals surface area (Å²) in [5, 5.41) is 22.8. The number of carbonyl (C=O) groups is 1. The maximum Gasteiger partial charge on any atom is 0.323 e. The smallest absolute Gasteiger partial charge is 0.323 e. The van der Waals surface area contributed by atoms with Crippen LogP contribution in [0.1, 0.15) is 18.1 Å². The summed E-state index contributed by atoms with van der Waals surface area (Å²) in [7, 11) is -4.13. The van der Waals surface area contributed by atoms with Gasteiger partial charge in [-0.2, -0.15) is 8.42 Å². The number of aryl methyl sites for hydroxylation is 1. The predicted molar refractivity (Wildman–Crippen MR) is 100 cm³/mol. The molecule has 0 radical (unpaired) electrons. The maximum absolute atomic E-state index is 12.3. The lowest BCUT2D eigenvalue weighted by atomic mass is 10.1. The van der Waals surface area contributed by atoms with E-state index in [1.165, 1.54) is 43.3 Å². The highest BCUT2D eigenvalue weighted by atomic mass is 32.2. The van der Waals surface area contributed by atoms with E-state index in [0.717, 1.165) is 5.56 Å². The summed E-state index contributed by atoms with van der Waals surface area (Å²) in [5.74, 6) is -1.28. The van der Waals surface area contributed by atoms with Gasteiger partial charge in [-0.05, 0) is 31.5 Å². The van der Waals surface area contributed by atoms with Crippen molar-refractivity contribution in [3.63, 3.8) is 0 Å². The molecular weight excluding hydrogens is 388 g/mol. The molecule has 0 aliphatic rings. The number of aliphatic carboxylic acids is 1. The number of nitrogens with one attached hydrogen (secondary N) is 1. The molecule has 0 fully saturated rings. The van der Waals surface area contributed by atoms with Gasteiger partial charge < -0.3 is 5.11 Å². The first-order valence-electron chi connectivity index (χ1n) is 8.29. The molecule has 2 rings (SSSR count). The van der Waals surface area contributed by atoms with E-state index in [4.69, 9.17) is 4.18 Å². The molecule has 9 nitrogen and oxygen atoms in total. The Bertz CT molecular complexity index is 941. The standard InChI is InChI=1S/C18H20N2O7S/c1-12-3-9-16(10-4-12)28(25,26)27-13(2)17(18(21)22)19-11-14-5-7-15(8-6-14)20(23)24/h3-10,13,17,19H,11H2,1-2H3,(H,21,22). The molecule has 0 aromatic heterocycles. The molecule has 2 aromatic carbocycles. The number of hydrogen-bond acceptors (Lipinski definition) is 7. The van der Waals surface area contributed by atoms with Gasteiger partial charge in [0, 0.05) is 18.7 Å². The molecule has 2 N–H and O–H groups in total. The highest BCUT2D eigenvalue weighted by molar-refractivity contribution is 7.86. The number of non-ortho nitro benzene ring substituents is 1. The Hall–Kier alpha value is -2.82. The van der Waals surface area contributed by atoms with E-state index in [0.29, 0.717) is 5.56 Å². The SMILES string of the molecule is Cc1ccc(S(=O)(=O)OC(C)C(NCc2ccc([N+](=O)[O-])cc2)C(=O)O)cc1. The van der Waals surface area contributed by atoms with Gasteiger partial charge in [0.1, 0.15) is 12.1 Å². The van der Waals surface area contributed by atoms with E-state index in [1.54, 1.807) is 12.1 Å². The molecule has 2 atom stereocenters. The van der Waals surface area contributed by atoms with Gasteiger partial charge in [0.05, 0.1) is 9.82 Å². The number of nitro groups is 1. The monoisotopic (exact) mass is 408 g/mol. The van der Waals surface area contributed by atoms with Crippen molar-refractivity contribution in [2.24, 2.45) is 0 Å². The van der Waals surface area contributed by atoms with Crippen LogP contribution in [0.3, 0.4) is 0 Å². The van der Waals surface area contributed by atoms with E-state index in [9.17, 15) is 28.4 Å². The number of carboxylic acid groups (broad SMARTS) is 1. The van der Waals surface area contributed by atoms with Crippen molar-refractivity contribution in [2.45, 2.75) is 37.4 Å². The Balaban J connectivity index is 2.06. The molecule has 0 saturated carbocycles. The molecular formula is C18H20N2O7S. The second-order valence-electron chi connectivity index (χ2n) is 6.19. The van der Waals surface area contributed by atoms with Crippen LogP contribution in [0.15, 0.2) is 53.4 Å². The first-order valence-corrected chi connectivity index (χ1v) is 9.70. The third kappa shape index (κ3) is 5.59. The van der Waals surface area contributed by atoms with Crippen LogP contribution in [-0.2, 0) is 25.6 Å². The summed E-state index contributed by atoms with van der Waals surface area (Å²) in [5.41, 5.74) is 1.39. The molecule has 10 heteroatoms. The fraction of sp³-hybridized carbons (Fsp3) is 0.278. The van der Waals surface area contributed by atoms with E-state index >= 15 is 0 Å². The average molecular weight is 408 g/mol. The second kappa shape index (κ2) is 8.91. The fourth-order valence-corrected chi connectivity index (χ4v) is 3.52. The summed E-state index contributed by atoms with van der Waals surface area (Å²) in [6, 6.07) is 10.3. The molecule has 2 unspecified atom stereocenters. The van der Waals surface area contributed by atoms with Gasteiger partial charge in [-0.1, -0.05) is 29.8 Å². The lowest BCUT2D eigenvalue weighted by molar-refractivity contribution is -0.384. The molecule has 2 aromatic rings. The summed E-state index contributed by atoms with van der Waals surface area (Å²) < 4.78 is 29.8. The molecule has 150 valence electrons. The van der Waals surface area contributed by atoms with E-state index in [-0.39, 0.29) is 17.1 Å². The topological polar surface area (TPSA) is 136 Å². The van der Waals surface area contributed by atoms with Gasteiger partial charge >= 0.3 is 5.97 Å². The van der Waals surface area contributed by atoms with Crippen LogP contribution in [-0.4, -0.2) is 36.6 Å². The zero-order valence-electron chi connectivity index (χ0n) is 15.2. The molecule has 0 amide bonds. The van der Waals surface area contributed by atoms with Crippen LogP contribution in [0, 0.1) is 17.0 Å². The lowest BCUT2D eigenvalue weighted by Crippen LogP contribution is -2.46. The van der Waals surface area contributed by atoms with Crippen LogP contribution in [0.5, 0.6) is 0 Å². The highest BCUT2D eigenvalue weighted by Crippen LogP contribution is 2.17. The number of benzene rings is 2. The summed E-state index contributed by atoms with van der Waals surface area (Å²) >= 11 is 0. The van der Waals surface area contributed by atoms with Gasteiger partial charge in [-0.25, -0.2) is 0 Å². The first-order chi connectivity index (χ1) is 13.1. The number of hydrogen-bond donors (Lipinski definition) is 2. The highest BCUT2D eigenvalue weighted by Gasteiger charge is 2.30. The normalized spacial score (nSPS) is 13.6. The first kappa shape index (κ1) is 21.5. The Labute approximate surface area is 162 Å². The molecule has 0 bridgehead atoms. The Morgan fingerprint density at radius 3 is 2.25 bits per heavy atom. The second-order valence-corrected chi connectivity index (χ2v) is 7.76. The minimum atomic E-state index is -4.13. The molecule has 0 spiro atoms. The van der Waals surface area contributed by atoms with Crippen LogP contribution in [0.2, 0.25) is 0 Å². The van der Waals surface area contributed by atoms with Gasteiger partial charge in [-0.15, -0.1) is 0 Å². The van der Waals surface area contributed by atoms with Crippen molar-refractivity contribution in [3.8, 4) is 0 Å².